The van der Waals surface area contributed by atoms with E-state index in [1.54, 1.807) is 11.6 Å². The number of rotatable bonds is 2. The van der Waals surface area contributed by atoms with Crippen LogP contribution >= 0.6 is 0 Å². The number of esters is 2. The van der Waals surface area contributed by atoms with Crippen LogP contribution in [0, 0.1) is 28.6 Å². The summed E-state index contributed by atoms with van der Waals surface area (Å²) in [5.74, 6) is 0.711. The minimum atomic E-state index is -0.505. The summed E-state index contributed by atoms with van der Waals surface area (Å²) in [5.41, 5.74) is 4.93. The van der Waals surface area contributed by atoms with Gasteiger partial charge in [-0.3, -0.25) is 0 Å². The number of cyclic esters (lactones) is 2. The molecule has 34 heavy (non-hydrogen) atoms. The SMILES string of the molecule is CC1=CCC([C@H](C)C2CC[C@@]3(C)C4=C(C=C5C=CC(=O)OC(C)(C)C5CC4)CC[C@]23C)OC1=O. The second-order valence-corrected chi connectivity index (χ2v) is 12.4. The normalized spacial score (nSPS) is 40.0. The first-order valence-corrected chi connectivity index (χ1v) is 13.2. The molecule has 0 aromatic rings. The molecule has 0 bridgehead atoms. The predicted octanol–water partition coefficient (Wildman–Crippen LogP) is 6.63. The summed E-state index contributed by atoms with van der Waals surface area (Å²) in [6.45, 7) is 13.3. The van der Waals surface area contributed by atoms with Gasteiger partial charge >= 0.3 is 11.9 Å². The van der Waals surface area contributed by atoms with Crippen LogP contribution in [-0.4, -0.2) is 23.6 Å². The fourth-order valence-electron chi connectivity index (χ4n) is 8.19. The van der Waals surface area contributed by atoms with Crippen molar-refractivity contribution < 1.29 is 19.1 Å². The Kier molecular flexibility index (Phi) is 5.53. The topological polar surface area (TPSA) is 52.6 Å². The second-order valence-electron chi connectivity index (χ2n) is 12.4. The third-order valence-electron chi connectivity index (χ3n) is 10.5. The molecule has 1 fully saturated rings. The van der Waals surface area contributed by atoms with E-state index in [1.165, 1.54) is 24.0 Å². The molecule has 0 saturated heterocycles. The smallest absolute Gasteiger partial charge is 0.333 e. The predicted molar refractivity (Wildman–Crippen MR) is 133 cm³/mol. The molecule has 184 valence electrons. The molecule has 3 unspecified atom stereocenters. The van der Waals surface area contributed by atoms with Crippen LogP contribution in [0.25, 0.3) is 0 Å². The van der Waals surface area contributed by atoms with E-state index in [1.807, 2.05) is 13.0 Å². The lowest BCUT2D eigenvalue weighted by atomic mass is 9.52. The van der Waals surface area contributed by atoms with Crippen LogP contribution < -0.4 is 0 Å². The summed E-state index contributed by atoms with van der Waals surface area (Å²) in [5, 5.41) is 0. The zero-order valence-corrected chi connectivity index (χ0v) is 21.7. The Bertz CT molecular complexity index is 1040. The molecule has 6 atom stereocenters. The van der Waals surface area contributed by atoms with Gasteiger partial charge in [-0.1, -0.05) is 44.6 Å². The van der Waals surface area contributed by atoms with Gasteiger partial charge in [0.05, 0.1) is 0 Å². The molecular weight excluding hydrogens is 424 g/mol. The fourth-order valence-corrected chi connectivity index (χ4v) is 8.19. The van der Waals surface area contributed by atoms with Crippen LogP contribution in [0.4, 0.5) is 0 Å². The summed E-state index contributed by atoms with van der Waals surface area (Å²) in [4.78, 5) is 24.4. The van der Waals surface area contributed by atoms with Crippen LogP contribution in [0.15, 0.2) is 46.6 Å². The number of hydrogen-bond donors (Lipinski definition) is 0. The van der Waals surface area contributed by atoms with Gasteiger partial charge in [-0.15, -0.1) is 0 Å². The van der Waals surface area contributed by atoms with Crippen molar-refractivity contribution in [1.29, 1.82) is 0 Å². The summed E-state index contributed by atoms with van der Waals surface area (Å²) in [6, 6.07) is 0. The number of carbonyl (C=O) groups is 2. The third-order valence-corrected chi connectivity index (χ3v) is 10.5. The quantitative estimate of drug-likeness (QED) is 0.431. The summed E-state index contributed by atoms with van der Waals surface area (Å²) in [6.07, 6.45) is 15.6. The fraction of sp³-hybridized carbons (Fsp3) is 0.667. The highest BCUT2D eigenvalue weighted by Crippen LogP contribution is 2.68. The van der Waals surface area contributed by atoms with E-state index in [0.29, 0.717) is 11.8 Å². The Morgan fingerprint density at radius 3 is 2.53 bits per heavy atom. The Hall–Kier alpha value is -2.10. The van der Waals surface area contributed by atoms with E-state index in [9.17, 15) is 9.59 Å². The first kappa shape index (κ1) is 23.6. The molecule has 0 radical (unpaired) electrons. The van der Waals surface area contributed by atoms with Crippen molar-refractivity contribution in [2.24, 2.45) is 28.6 Å². The average Bonchev–Trinajstić information content (AvgIpc) is 2.88. The second kappa shape index (κ2) is 7.96. The molecule has 1 saturated carbocycles. The summed E-state index contributed by atoms with van der Waals surface area (Å²) >= 11 is 0. The van der Waals surface area contributed by atoms with E-state index >= 15 is 0 Å². The molecule has 3 aliphatic carbocycles. The lowest BCUT2D eigenvalue weighted by Gasteiger charge is -2.52. The molecule has 0 amide bonds. The molecule has 5 rings (SSSR count). The number of carbonyl (C=O) groups excluding carboxylic acids is 2. The van der Waals surface area contributed by atoms with Gasteiger partial charge in [0.25, 0.3) is 0 Å². The highest BCUT2D eigenvalue weighted by Gasteiger charge is 2.60. The molecule has 2 aliphatic heterocycles. The molecule has 4 heteroatoms. The maximum atomic E-state index is 12.3. The van der Waals surface area contributed by atoms with Crippen LogP contribution in [-0.2, 0) is 19.1 Å². The van der Waals surface area contributed by atoms with Crippen molar-refractivity contribution in [2.75, 3.05) is 0 Å². The van der Waals surface area contributed by atoms with Crippen molar-refractivity contribution >= 4 is 11.9 Å². The zero-order chi connectivity index (χ0) is 24.5. The molecule has 0 N–H and O–H groups in total. The molecule has 5 aliphatic rings. The Morgan fingerprint density at radius 2 is 1.79 bits per heavy atom. The van der Waals surface area contributed by atoms with E-state index in [4.69, 9.17) is 9.47 Å². The summed E-state index contributed by atoms with van der Waals surface area (Å²) < 4.78 is 11.7. The van der Waals surface area contributed by atoms with Gasteiger partial charge in [-0.05, 0) is 93.1 Å². The molecule has 0 aromatic carbocycles. The molecule has 4 nitrogen and oxygen atoms in total. The van der Waals surface area contributed by atoms with E-state index in [2.05, 4.69) is 46.8 Å². The number of ether oxygens (including phenoxy) is 2. The Balaban J connectivity index is 1.47. The summed E-state index contributed by atoms with van der Waals surface area (Å²) in [7, 11) is 0. The average molecular weight is 465 g/mol. The van der Waals surface area contributed by atoms with Gasteiger partial charge in [0.1, 0.15) is 11.7 Å². The van der Waals surface area contributed by atoms with Crippen LogP contribution in [0.3, 0.4) is 0 Å². The van der Waals surface area contributed by atoms with Crippen molar-refractivity contribution in [3.8, 4) is 0 Å². The van der Waals surface area contributed by atoms with Gasteiger partial charge in [-0.2, -0.15) is 0 Å². The van der Waals surface area contributed by atoms with Crippen molar-refractivity contribution in [3.63, 3.8) is 0 Å². The minimum Gasteiger partial charge on any atom is -0.458 e. The molecule has 0 aromatic heterocycles. The van der Waals surface area contributed by atoms with Crippen molar-refractivity contribution in [2.45, 2.75) is 98.2 Å². The zero-order valence-electron chi connectivity index (χ0n) is 21.7. The van der Waals surface area contributed by atoms with E-state index in [0.717, 1.165) is 37.7 Å². The standard InChI is InChI=1S/C30H40O4/c1-18-7-11-25(33-27(18)32)19(2)22-14-16-30(6)24-10-9-23-20(8-12-26(31)34-28(23,3)4)17-21(24)13-15-29(22,30)5/h7-8,12,17,19,22-23,25H,9-11,13-16H2,1-6H3/t19-,22?,23?,25?,29-,30+/m1/s1. The Morgan fingerprint density at radius 1 is 1.03 bits per heavy atom. The largest absolute Gasteiger partial charge is 0.458 e. The molecule has 0 spiro atoms. The third kappa shape index (κ3) is 3.46. The first-order chi connectivity index (χ1) is 16.0. The van der Waals surface area contributed by atoms with Gasteiger partial charge in [-0.25, -0.2) is 9.59 Å². The maximum absolute atomic E-state index is 12.3. The molecule has 2 heterocycles. The van der Waals surface area contributed by atoms with Gasteiger partial charge in [0.15, 0.2) is 0 Å². The first-order valence-electron chi connectivity index (χ1n) is 13.2. The monoisotopic (exact) mass is 464 g/mol. The Labute approximate surface area is 204 Å². The van der Waals surface area contributed by atoms with Crippen LogP contribution in [0.5, 0.6) is 0 Å². The number of fused-ring (bicyclic) bond motifs is 3. The van der Waals surface area contributed by atoms with E-state index < -0.39 is 5.60 Å². The lowest BCUT2D eigenvalue weighted by molar-refractivity contribution is -0.153. The number of hydrogen-bond acceptors (Lipinski definition) is 4. The maximum Gasteiger partial charge on any atom is 0.333 e. The van der Waals surface area contributed by atoms with E-state index in [-0.39, 0.29) is 34.8 Å². The van der Waals surface area contributed by atoms with Gasteiger partial charge in [0, 0.05) is 24.0 Å². The highest BCUT2D eigenvalue weighted by molar-refractivity contribution is 5.88. The van der Waals surface area contributed by atoms with Gasteiger partial charge < -0.3 is 9.47 Å². The van der Waals surface area contributed by atoms with Crippen molar-refractivity contribution in [3.05, 3.63) is 46.6 Å². The van der Waals surface area contributed by atoms with Crippen LogP contribution in [0.1, 0.15) is 86.5 Å². The minimum absolute atomic E-state index is 0.0146. The number of allylic oxidation sites excluding steroid dienone is 4. The highest BCUT2D eigenvalue weighted by atomic mass is 16.6. The van der Waals surface area contributed by atoms with Crippen molar-refractivity contribution in [1.82, 2.24) is 0 Å². The van der Waals surface area contributed by atoms with Crippen LogP contribution in [0.2, 0.25) is 0 Å². The molecular formula is C30H40O4. The lowest BCUT2D eigenvalue weighted by Crippen LogP contribution is -2.46. The van der Waals surface area contributed by atoms with Gasteiger partial charge in [0.2, 0.25) is 0 Å².